The molecule has 0 fully saturated rings. The molecule has 0 spiro atoms. The minimum Gasteiger partial charge on any atom is -0.460 e. The summed E-state index contributed by atoms with van der Waals surface area (Å²) in [5, 5.41) is 12.6. The van der Waals surface area contributed by atoms with Crippen LogP contribution in [0.4, 0.5) is 0 Å². The number of hydrogen-bond acceptors (Lipinski definition) is 7. The summed E-state index contributed by atoms with van der Waals surface area (Å²) >= 11 is 0. The highest BCUT2D eigenvalue weighted by Crippen LogP contribution is 2.15. The number of aliphatic hydroxyl groups excluding tert-OH is 1. The quantitative estimate of drug-likeness (QED) is 0.0689. The molecule has 218 valence electrons. The van der Waals surface area contributed by atoms with Crippen molar-refractivity contribution in [2.24, 2.45) is 0 Å². The number of carbonyl (C=O) groups is 3. The second kappa shape index (κ2) is 24.8. The summed E-state index contributed by atoms with van der Waals surface area (Å²) in [4.78, 5) is 35.3. The third-order valence-corrected chi connectivity index (χ3v) is 6.88. The van der Waals surface area contributed by atoms with Crippen molar-refractivity contribution >= 4 is 17.7 Å². The van der Waals surface area contributed by atoms with Crippen LogP contribution in [0.3, 0.4) is 0 Å². The van der Waals surface area contributed by atoms with Gasteiger partial charge < -0.3 is 19.4 Å². The fraction of sp³-hybridized carbons (Fsp3) is 0.900. The molecule has 0 rings (SSSR count). The van der Waals surface area contributed by atoms with Crippen molar-refractivity contribution in [1.82, 2.24) is 5.32 Å². The summed E-state index contributed by atoms with van der Waals surface area (Å²) in [6.07, 6.45) is 21.8. The molecule has 2 N–H and O–H groups in total. The maximum absolute atomic E-state index is 12.2. The van der Waals surface area contributed by atoms with E-state index in [-0.39, 0.29) is 24.8 Å². The minimum atomic E-state index is -1.41. The van der Waals surface area contributed by atoms with Gasteiger partial charge in [-0.15, -0.1) is 0 Å². The van der Waals surface area contributed by atoms with E-state index in [9.17, 15) is 19.5 Å². The highest BCUT2D eigenvalue weighted by molar-refractivity contribution is 5.75. The maximum Gasteiger partial charge on any atom is 0.307 e. The average molecular weight is 528 g/mol. The van der Waals surface area contributed by atoms with E-state index in [2.05, 4.69) is 12.2 Å². The fourth-order valence-electron chi connectivity index (χ4n) is 4.31. The molecule has 7 nitrogen and oxygen atoms in total. The number of Topliss-reactive ketones (excluding diaryl/α,β-unsaturated/α-hetero) is 1. The molecule has 0 heterocycles. The van der Waals surface area contributed by atoms with E-state index in [0.29, 0.717) is 19.3 Å². The fourth-order valence-corrected chi connectivity index (χ4v) is 4.31. The monoisotopic (exact) mass is 527 g/mol. The molecule has 0 aliphatic heterocycles. The van der Waals surface area contributed by atoms with Crippen LogP contribution in [0.5, 0.6) is 0 Å². The molecule has 0 aromatic heterocycles. The lowest BCUT2D eigenvalue weighted by Gasteiger charge is -2.30. The number of esters is 2. The van der Waals surface area contributed by atoms with Crippen LogP contribution in [0, 0.1) is 0 Å². The first-order valence-electron chi connectivity index (χ1n) is 15.1. The zero-order valence-corrected chi connectivity index (χ0v) is 24.3. The van der Waals surface area contributed by atoms with Crippen LogP contribution in [-0.4, -0.2) is 48.8 Å². The predicted octanol–water partition coefficient (Wildman–Crippen LogP) is 6.78. The lowest BCUT2D eigenvalue weighted by molar-refractivity contribution is -0.183. The number of carbonyl (C=O) groups excluding carboxylic acids is 3. The van der Waals surface area contributed by atoms with Gasteiger partial charge in [-0.25, -0.2) is 0 Å². The molecule has 0 aromatic carbocycles. The Balaban J connectivity index is 3.87. The molecule has 7 heteroatoms. The number of rotatable bonds is 27. The number of ether oxygens (including phenoxy) is 2. The summed E-state index contributed by atoms with van der Waals surface area (Å²) in [6.45, 7) is 3.16. The summed E-state index contributed by atoms with van der Waals surface area (Å²) in [7, 11) is 1.57. The van der Waals surface area contributed by atoms with E-state index >= 15 is 0 Å². The van der Waals surface area contributed by atoms with Crippen molar-refractivity contribution in [3.63, 3.8) is 0 Å². The second-order valence-electron chi connectivity index (χ2n) is 10.5. The number of hydrogen-bond donors (Lipinski definition) is 2. The zero-order chi connectivity index (χ0) is 27.6. The summed E-state index contributed by atoms with van der Waals surface area (Å²) in [5.41, 5.74) is -1.41. The molecule has 1 atom stereocenters. The number of aliphatic hydroxyl groups is 1. The van der Waals surface area contributed by atoms with Crippen LogP contribution in [0.25, 0.3) is 0 Å². The van der Waals surface area contributed by atoms with Crippen LogP contribution in [0.2, 0.25) is 0 Å². The topological polar surface area (TPSA) is 102 Å². The van der Waals surface area contributed by atoms with Crippen molar-refractivity contribution in [3.05, 3.63) is 0 Å². The van der Waals surface area contributed by atoms with Gasteiger partial charge in [0.05, 0.1) is 0 Å². The van der Waals surface area contributed by atoms with Crippen molar-refractivity contribution < 1.29 is 29.0 Å². The van der Waals surface area contributed by atoms with Crippen molar-refractivity contribution in [2.75, 3.05) is 20.3 Å². The van der Waals surface area contributed by atoms with Crippen LogP contribution in [0.1, 0.15) is 149 Å². The number of likely N-dealkylation sites (N-methyl/N-ethyl adjacent to an activating group) is 1. The van der Waals surface area contributed by atoms with Crippen LogP contribution in [0.15, 0.2) is 0 Å². The van der Waals surface area contributed by atoms with Crippen molar-refractivity contribution in [1.29, 1.82) is 0 Å². The predicted molar refractivity (Wildman–Crippen MR) is 149 cm³/mol. The first-order chi connectivity index (χ1) is 17.9. The Morgan fingerprint density at radius 2 is 1.05 bits per heavy atom. The van der Waals surface area contributed by atoms with Gasteiger partial charge in [-0.3, -0.25) is 14.9 Å². The van der Waals surface area contributed by atoms with Gasteiger partial charge in [0.25, 0.3) is 0 Å². The molecule has 0 aliphatic carbocycles. The normalized spacial score (nSPS) is 12.8. The van der Waals surface area contributed by atoms with Gasteiger partial charge in [0.1, 0.15) is 19.0 Å². The van der Waals surface area contributed by atoms with Gasteiger partial charge in [0, 0.05) is 19.3 Å². The number of ketones is 1. The molecule has 0 saturated heterocycles. The van der Waals surface area contributed by atoms with Crippen LogP contribution in [-0.2, 0) is 23.9 Å². The second-order valence-corrected chi connectivity index (χ2v) is 10.5. The molecule has 0 amide bonds. The van der Waals surface area contributed by atoms with E-state index in [1.807, 2.05) is 0 Å². The standard InChI is InChI=1S/C30H57NO6/c1-4-5-6-7-8-9-10-11-12-13-14-17-20-23-28(34)36-26-30(25-32,31-3)37-29(35)24-21-18-15-16-19-22-27(2)33/h31-32H,4-26H2,1-3H3. The summed E-state index contributed by atoms with van der Waals surface area (Å²) in [5.74, 6) is -0.557. The summed E-state index contributed by atoms with van der Waals surface area (Å²) in [6, 6.07) is 0. The molecular weight excluding hydrogens is 470 g/mol. The number of unbranched alkanes of at least 4 members (excludes halogenated alkanes) is 16. The Hall–Kier alpha value is -1.47. The molecule has 0 bridgehead atoms. The molecule has 0 radical (unpaired) electrons. The summed E-state index contributed by atoms with van der Waals surface area (Å²) < 4.78 is 10.8. The van der Waals surface area contributed by atoms with Crippen molar-refractivity contribution in [2.45, 2.75) is 154 Å². The SMILES string of the molecule is CCCCCCCCCCCCCCCC(=O)OCC(CO)(NC)OC(=O)CCCCCCCC(C)=O. The first kappa shape index (κ1) is 35.5. The number of nitrogens with one attached hydrogen (secondary N) is 1. The van der Waals surface area contributed by atoms with Gasteiger partial charge >= 0.3 is 11.9 Å². The van der Waals surface area contributed by atoms with E-state index < -0.39 is 18.3 Å². The minimum absolute atomic E-state index is 0.209. The van der Waals surface area contributed by atoms with Gasteiger partial charge in [-0.2, -0.15) is 0 Å². The largest absolute Gasteiger partial charge is 0.460 e. The van der Waals surface area contributed by atoms with E-state index in [1.165, 1.54) is 64.2 Å². The smallest absolute Gasteiger partial charge is 0.307 e. The Morgan fingerprint density at radius 3 is 1.46 bits per heavy atom. The van der Waals surface area contributed by atoms with E-state index in [0.717, 1.165) is 44.9 Å². The third kappa shape index (κ3) is 22.2. The molecule has 0 aromatic rings. The molecule has 37 heavy (non-hydrogen) atoms. The average Bonchev–Trinajstić information content (AvgIpc) is 2.88. The Labute approximate surface area is 226 Å². The third-order valence-electron chi connectivity index (χ3n) is 6.88. The molecular formula is C30H57NO6. The molecule has 0 saturated carbocycles. The highest BCUT2D eigenvalue weighted by atomic mass is 16.6. The van der Waals surface area contributed by atoms with Crippen LogP contribution < -0.4 is 5.32 Å². The van der Waals surface area contributed by atoms with Crippen molar-refractivity contribution in [3.8, 4) is 0 Å². The lowest BCUT2D eigenvalue weighted by Crippen LogP contribution is -2.54. The molecule has 1 unspecified atom stereocenters. The first-order valence-corrected chi connectivity index (χ1v) is 15.1. The zero-order valence-electron chi connectivity index (χ0n) is 24.3. The van der Waals surface area contributed by atoms with E-state index in [4.69, 9.17) is 9.47 Å². The lowest BCUT2D eigenvalue weighted by atomic mass is 10.0. The van der Waals surface area contributed by atoms with Gasteiger partial charge in [-0.1, -0.05) is 103 Å². The highest BCUT2D eigenvalue weighted by Gasteiger charge is 2.33. The Kier molecular flexibility index (Phi) is 23.9. The van der Waals surface area contributed by atoms with E-state index in [1.54, 1.807) is 14.0 Å². The van der Waals surface area contributed by atoms with Gasteiger partial charge in [0.2, 0.25) is 5.72 Å². The van der Waals surface area contributed by atoms with Gasteiger partial charge in [0.15, 0.2) is 0 Å². The Morgan fingerprint density at radius 1 is 0.649 bits per heavy atom. The maximum atomic E-state index is 12.2. The van der Waals surface area contributed by atoms with Crippen LogP contribution >= 0.6 is 0 Å². The van der Waals surface area contributed by atoms with Gasteiger partial charge in [-0.05, 0) is 33.2 Å². The molecule has 0 aliphatic rings. The Bertz CT molecular complexity index is 576.